The zero-order valence-corrected chi connectivity index (χ0v) is 30.2. The first-order valence-corrected chi connectivity index (χ1v) is 17.7. The Morgan fingerprint density at radius 1 is 0.685 bits per heavy atom. The minimum atomic E-state index is -1.08. The van der Waals surface area contributed by atoms with Crippen LogP contribution in [0.15, 0.2) is 130 Å². The van der Waals surface area contributed by atoms with Crippen molar-refractivity contribution in [1.82, 2.24) is 16.0 Å². The first-order chi connectivity index (χ1) is 26.2. The van der Waals surface area contributed by atoms with Crippen molar-refractivity contribution >= 4 is 46.6 Å². The van der Waals surface area contributed by atoms with E-state index in [1.54, 1.807) is 13.0 Å². The van der Waals surface area contributed by atoms with E-state index < -0.39 is 30.2 Å². The van der Waals surface area contributed by atoms with Gasteiger partial charge in [0.05, 0.1) is 22.8 Å². The van der Waals surface area contributed by atoms with Gasteiger partial charge in [-0.05, 0) is 44.0 Å². The molecule has 0 spiro atoms. The summed E-state index contributed by atoms with van der Waals surface area (Å²) in [4.78, 5) is 59.1. The van der Waals surface area contributed by atoms with Gasteiger partial charge in [-0.2, -0.15) is 0 Å². The van der Waals surface area contributed by atoms with Crippen LogP contribution in [0.4, 0.5) is 16.2 Å². The second-order valence-corrected chi connectivity index (χ2v) is 12.6. The highest BCUT2D eigenvalue weighted by Gasteiger charge is 2.29. The lowest BCUT2D eigenvalue weighted by molar-refractivity contribution is -0.118. The van der Waals surface area contributed by atoms with Crippen molar-refractivity contribution in [3.8, 4) is 0 Å². The van der Waals surface area contributed by atoms with Crippen LogP contribution < -0.4 is 26.6 Å². The van der Waals surface area contributed by atoms with Gasteiger partial charge in [0.1, 0.15) is 5.76 Å². The molecule has 0 saturated carbocycles. The summed E-state index contributed by atoms with van der Waals surface area (Å²) >= 11 is 0. The molecule has 2 aliphatic heterocycles. The Hall–Kier alpha value is -6.82. The molecule has 0 fully saturated rings. The number of amides is 5. The van der Waals surface area contributed by atoms with Gasteiger partial charge in [-0.25, -0.2) is 14.8 Å². The van der Waals surface area contributed by atoms with Gasteiger partial charge in [-0.1, -0.05) is 110 Å². The molecule has 7 rings (SSSR count). The zero-order valence-electron chi connectivity index (χ0n) is 30.2. The molecule has 5 N–H and O–H groups in total. The number of aryl methyl sites for hydroxylation is 2. The van der Waals surface area contributed by atoms with Gasteiger partial charge in [0.25, 0.3) is 17.7 Å². The Morgan fingerprint density at radius 3 is 1.65 bits per heavy atom. The van der Waals surface area contributed by atoms with Gasteiger partial charge in [-0.3, -0.25) is 14.4 Å². The third-order valence-corrected chi connectivity index (χ3v) is 8.73. The first kappa shape index (κ1) is 37.0. The zero-order chi connectivity index (χ0) is 38.0. The van der Waals surface area contributed by atoms with E-state index in [2.05, 4.69) is 36.6 Å². The Labute approximate surface area is 313 Å². The number of benzodiazepines with no additional fused rings is 2. The largest absolute Gasteiger partial charge is 0.456 e. The number of fused-ring (bicyclic) bond motifs is 2. The summed E-state index contributed by atoms with van der Waals surface area (Å²) in [5.41, 5.74) is 6.85. The third-order valence-electron chi connectivity index (χ3n) is 8.73. The quantitative estimate of drug-likeness (QED) is 0.118. The molecule has 2 aliphatic rings. The number of aliphatic imine (C=N–C) groups is 2. The van der Waals surface area contributed by atoms with E-state index in [4.69, 9.17) is 4.42 Å². The fraction of sp³-hybridized carbons (Fsp3) is 0.190. The van der Waals surface area contributed by atoms with Gasteiger partial charge < -0.3 is 31.0 Å². The van der Waals surface area contributed by atoms with Crippen molar-refractivity contribution in [2.45, 2.75) is 45.9 Å². The Bertz CT molecular complexity index is 2190. The highest BCUT2D eigenvalue weighted by molar-refractivity contribution is 6.21. The lowest BCUT2D eigenvalue weighted by Gasteiger charge is -2.14. The fourth-order valence-corrected chi connectivity index (χ4v) is 5.80. The van der Waals surface area contributed by atoms with Crippen molar-refractivity contribution in [2.75, 3.05) is 17.2 Å². The SMILES string of the molecule is CCCCNC(=O)NC1N=C(c2ccccc2)c2ccccc2NC1=O.Cc1cc(C(=O)NC2N=C(c3ccccc3)c3ccccc3NC2=O)oc1C. The van der Waals surface area contributed by atoms with Crippen LogP contribution >= 0.6 is 0 Å². The molecule has 5 amide bonds. The Balaban J connectivity index is 0.000000185. The van der Waals surface area contributed by atoms with E-state index in [0.29, 0.717) is 35.1 Å². The number of carbonyl (C=O) groups is 4. The topological polar surface area (TPSA) is 166 Å². The number of nitrogens with zero attached hydrogens (tertiary/aromatic N) is 2. The molecule has 2 unspecified atom stereocenters. The predicted octanol–water partition coefficient (Wildman–Crippen LogP) is 6.34. The van der Waals surface area contributed by atoms with Crippen molar-refractivity contribution in [3.63, 3.8) is 0 Å². The molecule has 2 atom stereocenters. The molecule has 5 aromatic rings. The molecule has 0 radical (unpaired) electrons. The number of urea groups is 1. The number of para-hydroxylation sites is 2. The number of rotatable bonds is 8. The number of anilines is 2. The number of carbonyl (C=O) groups excluding carboxylic acids is 4. The lowest BCUT2D eigenvalue weighted by atomic mass is 10.0. The maximum Gasteiger partial charge on any atom is 0.316 e. The monoisotopic (exact) mass is 723 g/mol. The molecule has 1 aromatic heterocycles. The molecule has 0 bridgehead atoms. The molecule has 274 valence electrons. The molecule has 3 heterocycles. The smallest absolute Gasteiger partial charge is 0.316 e. The molecule has 12 nitrogen and oxygen atoms in total. The summed E-state index contributed by atoms with van der Waals surface area (Å²) in [6.07, 6.45) is -0.218. The van der Waals surface area contributed by atoms with Crippen LogP contribution in [0.5, 0.6) is 0 Å². The summed E-state index contributed by atoms with van der Waals surface area (Å²) < 4.78 is 5.47. The number of hydrogen-bond acceptors (Lipinski definition) is 7. The van der Waals surface area contributed by atoms with E-state index in [9.17, 15) is 19.2 Å². The van der Waals surface area contributed by atoms with E-state index >= 15 is 0 Å². The van der Waals surface area contributed by atoms with Crippen LogP contribution in [0.2, 0.25) is 0 Å². The van der Waals surface area contributed by atoms with Gasteiger partial charge in [0, 0.05) is 28.8 Å². The summed E-state index contributed by atoms with van der Waals surface area (Å²) in [6.45, 7) is 6.25. The summed E-state index contributed by atoms with van der Waals surface area (Å²) in [7, 11) is 0. The molecule has 54 heavy (non-hydrogen) atoms. The van der Waals surface area contributed by atoms with Crippen LogP contribution in [0.25, 0.3) is 0 Å². The van der Waals surface area contributed by atoms with E-state index in [0.717, 1.165) is 40.7 Å². The summed E-state index contributed by atoms with van der Waals surface area (Å²) in [6, 6.07) is 35.4. The van der Waals surface area contributed by atoms with Gasteiger partial charge >= 0.3 is 6.03 Å². The molecular weight excluding hydrogens is 683 g/mol. The maximum atomic E-state index is 12.7. The second-order valence-electron chi connectivity index (χ2n) is 12.6. The maximum absolute atomic E-state index is 12.7. The van der Waals surface area contributed by atoms with Crippen LogP contribution in [0.1, 0.15) is 63.9 Å². The van der Waals surface area contributed by atoms with Crippen LogP contribution in [-0.2, 0) is 9.59 Å². The minimum absolute atomic E-state index is 0.154. The third kappa shape index (κ3) is 8.79. The van der Waals surface area contributed by atoms with Crippen molar-refractivity contribution in [1.29, 1.82) is 0 Å². The molecular formula is C42H41N7O5. The number of furan rings is 1. The normalized spacial score (nSPS) is 15.9. The summed E-state index contributed by atoms with van der Waals surface area (Å²) in [5, 5.41) is 13.8. The van der Waals surface area contributed by atoms with Crippen molar-refractivity contribution in [2.24, 2.45) is 9.98 Å². The molecule has 0 saturated heterocycles. The van der Waals surface area contributed by atoms with Gasteiger partial charge in [-0.15, -0.1) is 0 Å². The number of nitrogens with one attached hydrogen (secondary N) is 5. The second kappa shape index (κ2) is 17.1. The minimum Gasteiger partial charge on any atom is -0.456 e. The van der Waals surface area contributed by atoms with Gasteiger partial charge in [0.2, 0.25) is 12.3 Å². The van der Waals surface area contributed by atoms with Crippen molar-refractivity contribution < 1.29 is 23.6 Å². The van der Waals surface area contributed by atoms with E-state index in [1.165, 1.54) is 0 Å². The fourth-order valence-electron chi connectivity index (χ4n) is 5.80. The summed E-state index contributed by atoms with van der Waals surface area (Å²) in [5.74, 6) is -0.448. The highest BCUT2D eigenvalue weighted by atomic mass is 16.3. The average Bonchev–Trinajstić information content (AvgIpc) is 3.37. The first-order valence-electron chi connectivity index (χ1n) is 17.7. The number of hydrogen-bond donors (Lipinski definition) is 5. The number of benzene rings is 4. The Morgan fingerprint density at radius 2 is 1.17 bits per heavy atom. The van der Waals surface area contributed by atoms with Crippen LogP contribution in [0, 0.1) is 13.8 Å². The van der Waals surface area contributed by atoms with Gasteiger partial charge in [0.15, 0.2) is 5.76 Å². The van der Waals surface area contributed by atoms with Crippen LogP contribution in [0.3, 0.4) is 0 Å². The molecule has 0 aliphatic carbocycles. The predicted molar refractivity (Wildman–Crippen MR) is 209 cm³/mol. The standard InChI is InChI=1S/C22H19N3O3.C20H22N4O2/c1-13-12-18(28-14(13)2)21(26)25-20-22(27)23-17-11-7-6-10-16(17)19(24-20)15-8-4-3-5-9-15;1-2-3-13-21-20(26)24-18-19(25)22-16-12-8-7-11-15(16)17(23-18)14-9-5-4-6-10-14/h3-12,20H,1-2H3,(H,23,27)(H,25,26);4-12,18H,2-3,13H2,1H3,(H,22,25)(H2,21,24,26). The number of unbranched alkanes of at least 4 members (excludes halogenated alkanes) is 1. The molecule has 12 heteroatoms. The van der Waals surface area contributed by atoms with Crippen molar-refractivity contribution in [3.05, 3.63) is 155 Å². The average molecular weight is 724 g/mol. The van der Waals surface area contributed by atoms with E-state index in [1.807, 2.05) is 123 Å². The molecule has 4 aromatic carbocycles. The Kier molecular flexibility index (Phi) is 11.7. The van der Waals surface area contributed by atoms with Crippen LogP contribution in [-0.4, -0.2) is 54.1 Å². The highest BCUT2D eigenvalue weighted by Crippen LogP contribution is 2.25. The lowest BCUT2D eigenvalue weighted by Crippen LogP contribution is -2.47. The van der Waals surface area contributed by atoms with E-state index in [-0.39, 0.29) is 11.7 Å².